The largest absolute Gasteiger partial charge is 0.439 e. The summed E-state index contributed by atoms with van der Waals surface area (Å²) in [4.78, 5) is 12.3. The zero-order valence-electron chi connectivity index (χ0n) is 8.69. The Labute approximate surface area is 102 Å². The number of aromatic nitrogens is 3. The predicted octanol–water partition coefficient (Wildman–Crippen LogP) is 2.62. The quantitative estimate of drug-likeness (QED) is 0.852. The van der Waals surface area contributed by atoms with E-state index in [1.807, 2.05) is 6.92 Å². The molecule has 2 rings (SSSR count). The standard InChI is InChI=1S/C9H9ClN4OS/c1-5-4-15-9(13-5)16-7-6(10)3-12-8(11-2)14-7/h3-4H,1-2H3,(H,11,12,14). The minimum absolute atomic E-state index is 0.472. The molecule has 84 valence electrons. The molecule has 0 unspecified atom stereocenters. The van der Waals surface area contributed by atoms with Gasteiger partial charge in [0.1, 0.15) is 11.3 Å². The van der Waals surface area contributed by atoms with Crippen LogP contribution in [0.2, 0.25) is 5.02 Å². The van der Waals surface area contributed by atoms with E-state index in [-0.39, 0.29) is 0 Å². The van der Waals surface area contributed by atoms with Gasteiger partial charge in [-0.05, 0) is 18.7 Å². The second kappa shape index (κ2) is 4.71. The normalized spacial score (nSPS) is 10.4. The highest BCUT2D eigenvalue weighted by Crippen LogP contribution is 2.31. The maximum atomic E-state index is 5.97. The van der Waals surface area contributed by atoms with Crippen molar-refractivity contribution in [2.75, 3.05) is 12.4 Å². The molecule has 0 fully saturated rings. The SMILES string of the molecule is CNc1ncc(Cl)c(Sc2nc(C)co2)n1. The molecule has 0 amide bonds. The Morgan fingerprint density at radius 2 is 2.25 bits per heavy atom. The lowest BCUT2D eigenvalue weighted by molar-refractivity contribution is 0.454. The number of aryl methyl sites for hydroxylation is 1. The number of rotatable bonds is 3. The Morgan fingerprint density at radius 1 is 1.44 bits per heavy atom. The summed E-state index contributed by atoms with van der Waals surface area (Å²) < 4.78 is 5.21. The summed E-state index contributed by atoms with van der Waals surface area (Å²) in [5, 5.41) is 4.44. The van der Waals surface area contributed by atoms with Gasteiger partial charge in [0.2, 0.25) is 5.95 Å². The molecule has 0 aliphatic rings. The number of anilines is 1. The predicted molar refractivity (Wildman–Crippen MR) is 62.0 cm³/mol. The van der Waals surface area contributed by atoms with E-state index >= 15 is 0 Å². The van der Waals surface area contributed by atoms with Crippen LogP contribution in [0.3, 0.4) is 0 Å². The van der Waals surface area contributed by atoms with E-state index < -0.39 is 0 Å². The lowest BCUT2D eigenvalue weighted by atomic mass is 10.6. The van der Waals surface area contributed by atoms with Crippen molar-refractivity contribution in [2.45, 2.75) is 17.2 Å². The molecule has 0 spiro atoms. The molecular weight excluding hydrogens is 248 g/mol. The third-order valence-corrected chi connectivity index (χ3v) is 2.97. The third-order valence-electron chi connectivity index (χ3n) is 1.72. The topological polar surface area (TPSA) is 63.8 Å². The summed E-state index contributed by atoms with van der Waals surface area (Å²) in [5.74, 6) is 0.509. The fraction of sp³-hybridized carbons (Fsp3) is 0.222. The maximum Gasteiger partial charge on any atom is 0.262 e. The number of nitrogens with one attached hydrogen (secondary N) is 1. The van der Waals surface area contributed by atoms with Crippen molar-refractivity contribution in [3.05, 3.63) is 23.2 Å². The molecule has 0 aliphatic heterocycles. The van der Waals surface area contributed by atoms with Crippen molar-refractivity contribution in [3.63, 3.8) is 0 Å². The monoisotopic (exact) mass is 256 g/mol. The lowest BCUT2D eigenvalue weighted by Crippen LogP contribution is -1.96. The highest BCUT2D eigenvalue weighted by Gasteiger charge is 2.10. The van der Waals surface area contributed by atoms with Crippen molar-refractivity contribution < 1.29 is 4.42 Å². The molecular formula is C9H9ClN4OS. The van der Waals surface area contributed by atoms with E-state index in [1.165, 1.54) is 11.8 Å². The van der Waals surface area contributed by atoms with Crippen molar-refractivity contribution in [1.82, 2.24) is 15.0 Å². The highest BCUT2D eigenvalue weighted by molar-refractivity contribution is 7.99. The van der Waals surface area contributed by atoms with E-state index in [4.69, 9.17) is 16.0 Å². The molecule has 16 heavy (non-hydrogen) atoms. The average molecular weight is 257 g/mol. The molecule has 1 N–H and O–H groups in total. The van der Waals surface area contributed by atoms with E-state index in [9.17, 15) is 0 Å². The van der Waals surface area contributed by atoms with Crippen LogP contribution < -0.4 is 5.32 Å². The van der Waals surface area contributed by atoms with Gasteiger partial charge in [-0.2, -0.15) is 0 Å². The Hall–Kier alpha value is -1.27. The average Bonchev–Trinajstić information content (AvgIpc) is 2.67. The first-order chi connectivity index (χ1) is 7.69. The van der Waals surface area contributed by atoms with Crippen LogP contribution in [0, 0.1) is 6.92 Å². The first-order valence-electron chi connectivity index (χ1n) is 4.49. The summed E-state index contributed by atoms with van der Waals surface area (Å²) in [7, 11) is 1.74. The van der Waals surface area contributed by atoms with Gasteiger partial charge in [0.15, 0.2) is 0 Å². The fourth-order valence-electron chi connectivity index (χ4n) is 1.01. The molecule has 0 aromatic carbocycles. The molecule has 0 bridgehead atoms. The number of halogens is 1. The lowest BCUT2D eigenvalue weighted by Gasteiger charge is -2.02. The molecule has 2 aromatic heterocycles. The Morgan fingerprint density at radius 3 is 2.88 bits per heavy atom. The molecule has 0 atom stereocenters. The van der Waals surface area contributed by atoms with Crippen LogP contribution >= 0.6 is 23.4 Å². The van der Waals surface area contributed by atoms with Gasteiger partial charge in [-0.15, -0.1) is 0 Å². The summed E-state index contributed by atoms with van der Waals surface area (Å²) in [6.45, 7) is 1.86. The van der Waals surface area contributed by atoms with Gasteiger partial charge in [-0.25, -0.2) is 15.0 Å². The molecule has 5 nitrogen and oxygen atoms in total. The van der Waals surface area contributed by atoms with E-state index in [0.717, 1.165) is 5.69 Å². The van der Waals surface area contributed by atoms with Gasteiger partial charge in [0.05, 0.1) is 16.9 Å². The van der Waals surface area contributed by atoms with Gasteiger partial charge in [-0.3, -0.25) is 0 Å². The molecule has 0 saturated heterocycles. The first kappa shape index (κ1) is 11.2. The van der Waals surface area contributed by atoms with Crippen molar-refractivity contribution >= 4 is 29.3 Å². The van der Waals surface area contributed by atoms with Crippen LogP contribution in [0.1, 0.15) is 5.69 Å². The van der Waals surface area contributed by atoms with Crippen LogP contribution in [0.15, 0.2) is 27.1 Å². The summed E-state index contributed by atoms with van der Waals surface area (Å²) in [6, 6.07) is 0. The van der Waals surface area contributed by atoms with Gasteiger partial charge in [0, 0.05) is 7.05 Å². The molecule has 0 radical (unpaired) electrons. The minimum Gasteiger partial charge on any atom is -0.439 e. The number of oxazole rings is 1. The minimum atomic E-state index is 0.472. The number of hydrogen-bond acceptors (Lipinski definition) is 6. The zero-order chi connectivity index (χ0) is 11.5. The van der Waals surface area contributed by atoms with Gasteiger partial charge < -0.3 is 9.73 Å². The summed E-state index contributed by atoms with van der Waals surface area (Å²) in [5.41, 5.74) is 0.821. The van der Waals surface area contributed by atoms with E-state index in [2.05, 4.69) is 20.3 Å². The Kier molecular flexibility index (Phi) is 3.31. The third kappa shape index (κ3) is 2.45. The fourth-order valence-corrected chi connectivity index (χ4v) is 1.95. The molecule has 2 aromatic rings. The van der Waals surface area contributed by atoms with Crippen molar-refractivity contribution in [2.24, 2.45) is 0 Å². The van der Waals surface area contributed by atoms with Crippen LogP contribution in [0.4, 0.5) is 5.95 Å². The van der Waals surface area contributed by atoms with Crippen LogP contribution in [0.5, 0.6) is 0 Å². The summed E-state index contributed by atoms with van der Waals surface area (Å²) in [6.07, 6.45) is 3.12. The molecule has 7 heteroatoms. The van der Waals surface area contributed by atoms with Crippen molar-refractivity contribution in [1.29, 1.82) is 0 Å². The Balaban J connectivity index is 2.26. The van der Waals surface area contributed by atoms with Gasteiger partial charge in [-0.1, -0.05) is 11.6 Å². The second-order valence-corrected chi connectivity index (χ2v) is 4.30. The van der Waals surface area contributed by atoms with Crippen LogP contribution in [0.25, 0.3) is 0 Å². The maximum absolute atomic E-state index is 5.97. The highest BCUT2D eigenvalue weighted by atomic mass is 35.5. The van der Waals surface area contributed by atoms with E-state index in [0.29, 0.717) is 21.2 Å². The molecule has 0 saturated carbocycles. The smallest absolute Gasteiger partial charge is 0.262 e. The Bertz CT molecular complexity index is 502. The number of nitrogens with zero attached hydrogens (tertiary/aromatic N) is 3. The van der Waals surface area contributed by atoms with Gasteiger partial charge >= 0.3 is 0 Å². The molecule has 2 heterocycles. The second-order valence-electron chi connectivity index (χ2n) is 2.95. The van der Waals surface area contributed by atoms with Crippen LogP contribution in [-0.4, -0.2) is 22.0 Å². The zero-order valence-corrected chi connectivity index (χ0v) is 10.3. The van der Waals surface area contributed by atoms with Gasteiger partial charge in [0.25, 0.3) is 5.22 Å². The summed E-state index contributed by atoms with van der Waals surface area (Å²) >= 11 is 7.23. The van der Waals surface area contributed by atoms with E-state index in [1.54, 1.807) is 19.5 Å². The van der Waals surface area contributed by atoms with Crippen molar-refractivity contribution in [3.8, 4) is 0 Å². The molecule has 0 aliphatic carbocycles. The number of hydrogen-bond donors (Lipinski definition) is 1. The first-order valence-corrected chi connectivity index (χ1v) is 5.69. The van der Waals surface area contributed by atoms with Crippen LogP contribution in [-0.2, 0) is 0 Å².